The maximum Gasteiger partial charge on any atom is 0.303 e. The molecule has 2 rings (SSSR count). The molecule has 1 aromatic carbocycles. The lowest BCUT2D eigenvalue weighted by atomic mass is 9.85. The van der Waals surface area contributed by atoms with Crippen LogP contribution in [0, 0.1) is 17.2 Å². The Labute approximate surface area is 293 Å². The lowest BCUT2D eigenvalue weighted by Gasteiger charge is -2.39. The molecule has 0 saturated heterocycles. The fourth-order valence-electron chi connectivity index (χ4n) is 5.61. The molecule has 1 heterocycles. The highest BCUT2D eigenvalue weighted by Crippen LogP contribution is 2.32. The van der Waals surface area contributed by atoms with Crippen molar-refractivity contribution < 1.29 is 23.5 Å². The molecule has 10 heteroatoms. The molecule has 2 aromatic rings. The summed E-state index contributed by atoms with van der Waals surface area (Å²) in [5.74, 6) is -0.361. The van der Waals surface area contributed by atoms with Crippen molar-refractivity contribution in [1.29, 1.82) is 0 Å². The molecule has 3 atom stereocenters. The number of nitrogens with zero attached hydrogens (tertiary/aromatic N) is 2. The molecule has 270 valence electrons. The Morgan fingerprint density at radius 1 is 1.17 bits per heavy atom. The zero-order chi connectivity index (χ0) is 36.3. The number of thiazole rings is 1. The van der Waals surface area contributed by atoms with Gasteiger partial charge in [0.1, 0.15) is 22.8 Å². The number of nitrogen functional groups attached to an aromatic ring is 1. The van der Waals surface area contributed by atoms with Gasteiger partial charge in [0, 0.05) is 48.5 Å². The van der Waals surface area contributed by atoms with Crippen molar-refractivity contribution in [3.8, 4) is 0 Å². The Balaban J connectivity index is 0.000000544. The van der Waals surface area contributed by atoms with Gasteiger partial charge in [0.15, 0.2) is 12.4 Å². The predicted molar refractivity (Wildman–Crippen MR) is 197 cm³/mol. The first-order valence-electron chi connectivity index (χ1n) is 17.4. The van der Waals surface area contributed by atoms with E-state index >= 15 is 0 Å². The van der Waals surface area contributed by atoms with Crippen molar-refractivity contribution in [3.05, 3.63) is 57.9 Å². The third kappa shape index (κ3) is 15.9. The Morgan fingerprint density at radius 2 is 1.85 bits per heavy atom. The van der Waals surface area contributed by atoms with Crippen LogP contribution >= 0.6 is 11.3 Å². The zero-order valence-electron chi connectivity index (χ0n) is 30.6. The first-order chi connectivity index (χ1) is 22.7. The van der Waals surface area contributed by atoms with Gasteiger partial charge < -0.3 is 25.5 Å². The summed E-state index contributed by atoms with van der Waals surface area (Å²) < 4.78 is 19.0. The minimum Gasteiger partial charge on any atom is -0.455 e. The van der Waals surface area contributed by atoms with Gasteiger partial charge in [-0.05, 0) is 62.8 Å². The molecule has 0 aliphatic rings. The summed E-state index contributed by atoms with van der Waals surface area (Å²) in [6.45, 7) is 19.4. The number of rotatable bonds is 22. The van der Waals surface area contributed by atoms with Crippen molar-refractivity contribution in [1.82, 2.24) is 15.2 Å². The number of hydrogen-bond acceptors (Lipinski definition) is 9. The lowest BCUT2D eigenvalue weighted by Crippen LogP contribution is -2.40. The summed E-state index contributed by atoms with van der Waals surface area (Å²) in [5.41, 5.74) is 7.66. The van der Waals surface area contributed by atoms with Crippen molar-refractivity contribution in [2.24, 2.45) is 11.3 Å². The molecule has 0 saturated carbocycles. The van der Waals surface area contributed by atoms with Crippen LogP contribution in [-0.2, 0) is 20.7 Å². The first kappa shape index (κ1) is 42.9. The van der Waals surface area contributed by atoms with E-state index in [2.05, 4.69) is 49.5 Å². The van der Waals surface area contributed by atoms with Gasteiger partial charge in [-0.15, -0.1) is 11.3 Å². The van der Waals surface area contributed by atoms with Crippen LogP contribution in [0.4, 0.5) is 10.1 Å². The molecular formula is C38H61FN4O4S. The molecular weight excluding hydrogens is 628 g/mol. The Hall–Kier alpha value is -3.11. The average Bonchev–Trinajstić information content (AvgIpc) is 3.53. The van der Waals surface area contributed by atoms with E-state index < -0.39 is 11.9 Å². The van der Waals surface area contributed by atoms with Crippen LogP contribution in [0.5, 0.6) is 0 Å². The van der Waals surface area contributed by atoms with Crippen LogP contribution in [0.25, 0.3) is 0 Å². The van der Waals surface area contributed by atoms with E-state index in [-0.39, 0.29) is 29.2 Å². The molecule has 0 amide bonds. The molecule has 8 nitrogen and oxygen atoms in total. The second kappa shape index (κ2) is 22.5. The molecule has 0 aliphatic heterocycles. The average molecular weight is 689 g/mol. The van der Waals surface area contributed by atoms with Gasteiger partial charge in [0.2, 0.25) is 0 Å². The number of likely N-dealkylation sites (N-methyl/N-ethyl adjacent to an activating group) is 1. The van der Waals surface area contributed by atoms with Gasteiger partial charge in [-0.1, -0.05) is 79.9 Å². The fraction of sp³-hybridized carbons (Fsp3) is 0.632. The maximum absolute atomic E-state index is 13.3. The molecule has 0 spiro atoms. The molecule has 48 heavy (non-hydrogen) atoms. The smallest absolute Gasteiger partial charge is 0.303 e. The second-order valence-corrected chi connectivity index (χ2v) is 14.5. The minimum atomic E-state index is -0.453. The zero-order valence-corrected chi connectivity index (χ0v) is 31.5. The number of aromatic nitrogens is 1. The monoisotopic (exact) mass is 688 g/mol. The highest BCUT2D eigenvalue weighted by atomic mass is 32.1. The summed E-state index contributed by atoms with van der Waals surface area (Å²) in [6.07, 6.45) is 11.3. The fourth-order valence-corrected chi connectivity index (χ4v) is 6.42. The number of nitrogens with two attached hydrogens (primary N) is 1. The van der Waals surface area contributed by atoms with Crippen LogP contribution in [-0.4, -0.2) is 54.1 Å². The number of unbranched alkanes of at least 4 members (excludes halogenated alkanes) is 4. The SMILES string of the molecule is C=C(CCCC)N(CCCCCC)C(C[C@@H](OC(C)=O)c1nc(C=O)cs1)C(C)C.CN[C@@H](Cc1ccc(N)c(F)c1)CC(C)(C)C=O. The number of hydrogen-bond donors (Lipinski definition) is 2. The number of carbonyl (C=O) groups is 3. The normalized spacial score (nSPS) is 13.2. The number of halogens is 1. The number of ether oxygens (including phenoxy) is 1. The number of aldehydes is 2. The Bertz CT molecular complexity index is 1270. The number of carbonyl (C=O) groups excluding carboxylic acids is 3. The number of allylic oxidation sites excluding steroid dienone is 1. The summed E-state index contributed by atoms with van der Waals surface area (Å²) >= 11 is 1.38. The van der Waals surface area contributed by atoms with Gasteiger partial charge in [-0.3, -0.25) is 9.59 Å². The molecule has 3 N–H and O–H groups in total. The molecule has 0 aliphatic carbocycles. The number of anilines is 1. The number of benzene rings is 1. The molecule has 0 radical (unpaired) electrons. The van der Waals surface area contributed by atoms with Crippen molar-refractivity contribution in [2.45, 2.75) is 131 Å². The van der Waals surface area contributed by atoms with Crippen LogP contribution in [0.15, 0.2) is 35.9 Å². The molecule has 0 fully saturated rings. The molecule has 1 aromatic heterocycles. The van der Waals surface area contributed by atoms with Gasteiger partial charge in [-0.2, -0.15) is 0 Å². The van der Waals surface area contributed by atoms with Gasteiger partial charge >= 0.3 is 5.97 Å². The predicted octanol–water partition coefficient (Wildman–Crippen LogP) is 8.71. The highest BCUT2D eigenvalue weighted by Gasteiger charge is 2.30. The standard InChI is InChI=1S/C24H40N2O3S.C14H21FN2O/c1-7-9-11-12-14-26(19(5)13-10-8-2)22(18(3)4)15-23(29-20(6)28)24-25-21(16-27)17-30-24;1-14(2,9-18)8-11(17-3)6-10-4-5-13(16)12(15)7-10/h16-18,22-23H,5,7-15H2,1-4,6H3;4-5,7,9,11,17H,6,8,16H2,1-3H3/t22?,23-;11-/m10/s1. The van der Waals surface area contributed by atoms with Crippen LogP contribution < -0.4 is 11.1 Å². The Kier molecular flexibility index (Phi) is 20.1. The quantitative estimate of drug-likeness (QED) is 0.0547. The number of esters is 1. The molecule has 0 bridgehead atoms. The summed E-state index contributed by atoms with van der Waals surface area (Å²) in [6, 6.07) is 5.16. The largest absolute Gasteiger partial charge is 0.455 e. The topological polar surface area (TPSA) is 115 Å². The molecule has 1 unspecified atom stereocenters. The third-order valence-corrected chi connectivity index (χ3v) is 9.35. The van der Waals surface area contributed by atoms with E-state index in [1.807, 2.05) is 27.0 Å². The van der Waals surface area contributed by atoms with E-state index in [1.165, 1.54) is 49.3 Å². The highest BCUT2D eigenvalue weighted by molar-refractivity contribution is 7.09. The van der Waals surface area contributed by atoms with Crippen molar-refractivity contribution in [3.63, 3.8) is 0 Å². The summed E-state index contributed by atoms with van der Waals surface area (Å²) in [5, 5.41) is 5.56. The summed E-state index contributed by atoms with van der Waals surface area (Å²) in [7, 11) is 1.85. The van der Waals surface area contributed by atoms with Gasteiger partial charge in [0.05, 0.1) is 5.69 Å². The van der Waals surface area contributed by atoms with Crippen LogP contribution in [0.3, 0.4) is 0 Å². The maximum atomic E-state index is 13.3. The van der Waals surface area contributed by atoms with E-state index in [1.54, 1.807) is 11.4 Å². The van der Waals surface area contributed by atoms with Crippen molar-refractivity contribution >= 4 is 35.6 Å². The van der Waals surface area contributed by atoms with E-state index in [9.17, 15) is 18.8 Å². The van der Waals surface area contributed by atoms with E-state index in [4.69, 9.17) is 10.5 Å². The minimum absolute atomic E-state index is 0.133. The van der Waals surface area contributed by atoms with Crippen LogP contribution in [0.2, 0.25) is 0 Å². The van der Waals surface area contributed by atoms with Crippen molar-refractivity contribution in [2.75, 3.05) is 19.3 Å². The van der Waals surface area contributed by atoms with E-state index in [0.717, 1.165) is 50.4 Å². The first-order valence-corrected chi connectivity index (χ1v) is 18.3. The Morgan fingerprint density at radius 3 is 2.38 bits per heavy atom. The second-order valence-electron chi connectivity index (χ2n) is 13.7. The number of nitrogens with one attached hydrogen (secondary N) is 1. The van der Waals surface area contributed by atoms with Gasteiger partial charge in [-0.25, -0.2) is 9.37 Å². The third-order valence-electron chi connectivity index (χ3n) is 8.39. The lowest BCUT2D eigenvalue weighted by molar-refractivity contribution is -0.148. The van der Waals surface area contributed by atoms with Gasteiger partial charge in [0.25, 0.3) is 0 Å². The van der Waals surface area contributed by atoms with E-state index in [0.29, 0.717) is 35.9 Å². The van der Waals surface area contributed by atoms with Crippen LogP contribution in [0.1, 0.15) is 133 Å². The summed E-state index contributed by atoms with van der Waals surface area (Å²) in [4.78, 5) is 40.6.